The molecule has 0 bridgehead atoms. The Hall–Kier alpha value is -4.47. The summed E-state index contributed by atoms with van der Waals surface area (Å²) >= 11 is 0. The minimum Gasteiger partial charge on any atom is -0.457 e. The van der Waals surface area contributed by atoms with Crippen LogP contribution in [0, 0.1) is 32.8 Å². The number of aromatic amines is 1. The number of nitrogens with one attached hydrogen (secondary N) is 1. The first-order valence-corrected chi connectivity index (χ1v) is 8.60. The quantitative estimate of drug-likeness (QED) is 0.489. The van der Waals surface area contributed by atoms with Gasteiger partial charge in [-0.15, -0.1) is 0 Å². The van der Waals surface area contributed by atoms with Gasteiger partial charge in [0.1, 0.15) is 28.8 Å². The van der Waals surface area contributed by atoms with E-state index in [9.17, 15) is 25.4 Å². The van der Waals surface area contributed by atoms with Gasteiger partial charge in [-0.25, -0.2) is 0 Å². The molecule has 148 valence electrons. The zero-order valence-electron chi connectivity index (χ0n) is 15.7. The van der Waals surface area contributed by atoms with Crippen molar-refractivity contribution in [1.82, 2.24) is 4.98 Å². The molecule has 0 atom stereocenters. The molecular weight excluding hydrogens is 388 g/mol. The summed E-state index contributed by atoms with van der Waals surface area (Å²) in [6.45, 7) is -0.264. The smallest absolute Gasteiger partial charge is 0.299 e. The molecular formula is C21H14N4O5. The Morgan fingerprint density at radius 2 is 1.97 bits per heavy atom. The minimum absolute atomic E-state index is 0.0913. The van der Waals surface area contributed by atoms with Gasteiger partial charge in [0, 0.05) is 12.7 Å². The molecule has 2 aromatic heterocycles. The second kappa shape index (κ2) is 8.69. The summed E-state index contributed by atoms with van der Waals surface area (Å²) in [4.78, 5) is 25.4. The molecule has 0 spiro atoms. The van der Waals surface area contributed by atoms with E-state index in [1.165, 1.54) is 19.3 Å². The number of furan rings is 1. The summed E-state index contributed by atoms with van der Waals surface area (Å²) in [7, 11) is 1.31. The highest BCUT2D eigenvalue weighted by atomic mass is 16.6. The molecule has 0 radical (unpaired) electrons. The molecule has 1 aromatic carbocycles. The molecule has 0 aliphatic carbocycles. The van der Waals surface area contributed by atoms with Gasteiger partial charge in [-0.3, -0.25) is 14.9 Å². The van der Waals surface area contributed by atoms with Crippen LogP contribution < -0.4 is 5.56 Å². The third-order valence-corrected chi connectivity index (χ3v) is 4.26. The maximum Gasteiger partial charge on any atom is 0.299 e. The fraction of sp³-hybridized carbons (Fsp3) is 0.0952. The molecule has 0 aliphatic rings. The first-order chi connectivity index (χ1) is 14.5. The van der Waals surface area contributed by atoms with Gasteiger partial charge in [0.15, 0.2) is 0 Å². The second-order valence-electron chi connectivity index (χ2n) is 6.06. The van der Waals surface area contributed by atoms with Gasteiger partial charge in [-0.2, -0.15) is 10.5 Å². The molecule has 9 nitrogen and oxygen atoms in total. The highest BCUT2D eigenvalue weighted by Crippen LogP contribution is 2.28. The van der Waals surface area contributed by atoms with Crippen LogP contribution in [0.1, 0.15) is 28.1 Å². The van der Waals surface area contributed by atoms with Crippen molar-refractivity contribution in [2.45, 2.75) is 6.61 Å². The number of ether oxygens (including phenoxy) is 1. The average molecular weight is 402 g/mol. The second-order valence-corrected chi connectivity index (χ2v) is 6.06. The third kappa shape index (κ3) is 3.87. The number of rotatable bonds is 6. The molecule has 2 heterocycles. The molecule has 0 saturated heterocycles. The molecule has 0 unspecified atom stereocenters. The first-order valence-electron chi connectivity index (χ1n) is 8.60. The molecule has 0 amide bonds. The predicted molar refractivity (Wildman–Crippen MR) is 107 cm³/mol. The van der Waals surface area contributed by atoms with Crippen LogP contribution in [0.3, 0.4) is 0 Å². The van der Waals surface area contributed by atoms with E-state index in [2.05, 4.69) is 11.1 Å². The SMILES string of the molecule is COCc1c([N+](=O)[O-])c(/C=C/c2ccc(-c3ccccc3C#N)o2)[nH]c(=O)c1C#N. The lowest BCUT2D eigenvalue weighted by Gasteiger charge is -2.06. The summed E-state index contributed by atoms with van der Waals surface area (Å²) in [5.41, 5.74) is -0.681. The van der Waals surface area contributed by atoms with E-state index < -0.39 is 16.2 Å². The van der Waals surface area contributed by atoms with Crippen molar-refractivity contribution in [1.29, 1.82) is 10.5 Å². The van der Waals surface area contributed by atoms with Gasteiger partial charge in [0.2, 0.25) is 0 Å². The Kier molecular flexibility index (Phi) is 5.87. The lowest BCUT2D eigenvalue weighted by atomic mass is 10.1. The Bertz CT molecular complexity index is 1290. The number of aromatic nitrogens is 1. The van der Waals surface area contributed by atoms with Crippen molar-refractivity contribution < 1.29 is 14.1 Å². The summed E-state index contributed by atoms with van der Waals surface area (Å²) in [5, 5.41) is 30.0. The number of nitrogens with zero attached hydrogens (tertiary/aromatic N) is 3. The largest absolute Gasteiger partial charge is 0.457 e. The number of H-pyrrole nitrogens is 1. The van der Waals surface area contributed by atoms with Gasteiger partial charge < -0.3 is 14.1 Å². The fourth-order valence-electron chi connectivity index (χ4n) is 2.94. The molecule has 3 rings (SSSR count). The summed E-state index contributed by atoms with van der Waals surface area (Å²) < 4.78 is 10.6. The number of nitro groups is 1. The van der Waals surface area contributed by atoms with Crippen molar-refractivity contribution in [3.05, 3.63) is 85.0 Å². The number of benzene rings is 1. The van der Waals surface area contributed by atoms with E-state index in [4.69, 9.17) is 9.15 Å². The fourth-order valence-corrected chi connectivity index (χ4v) is 2.94. The third-order valence-electron chi connectivity index (χ3n) is 4.26. The molecule has 3 aromatic rings. The van der Waals surface area contributed by atoms with Gasteiger partial charge in [0.25, 0.3) is 11.2 Å². The van der Waals surface area contributed by atoms with E-state index in [1.54, 1.807) is 42.5 Å². The Morgan fingerprint density at radius 1 is 1.20 bits per heavy atom. The maximum atomic E-state index is 12.2. The minimum atomic E-state index is -0.752. The number of methoxy groups -OCH3 is 1. The molecule has 0 saturated carbocycles. The molecule has 0 fully saturated rings. The van der Waals surface area contributed by atoms with Crippen LogP contribution in [-0.4, -0.2) is 17.0 Å². The lowest BCUT2D eigenvalue weighted by Crippen LogP contribution is -2.18. The van der Waals surface area contributed by atoms with E-state index in [0.717, 1.165) is 0 Å². The van der Waals surface area contributed by atoms with Crippen LogP contribution in [0.5, 0.6) is 0 Å². The van der Waals surface area contributed by atoms with Crippen molar-refractivity contribution in [3.63, 3.8) is 0 Å². The van der Waals surface area contributed by atoms with Crippen LogP contribution in [0.4, 0.5) is 5.69 Å². The Balaban J connectivity index is 2.04. The number of hydrogen-bond donors (Lipinski definition) is 1. The molecule has 30 heavy (non-hydrogen) atoms. The molecule has 0 aliphatic heterocycles. The highest BCUT2D eigenvalue weighted by molar-refractivity contribution is 5.74. The molecule has 9 heteroatoms. The number of hydrogen-bond acceptors (Lipinski definition) is 7. The van der Waals surface area contributed by atoms with Crippen molar-refractivity contribution >= 4 is 17.8 Å². The Morgan fingerprint density at radius 3 is 2.63 bits per heavy atom. The van der Waals surface area contributed by atoms with Crippen molar-refractivity contribution in [3.8, 4) is 23.5 Å². The summed E-state index contributed by atoms with van der Waals surface area (Å²) in [6.07, 6.45) is 2.76. The topological polar surface area (TPSA) is 146 Å². The van der Waals surface area contributed by atoms with E-state index in [1.807, 2.05) is 0 Å². The van der Waals surface area contributed by atoms with Gasteiger partial charge in [0.05, 0.1) is 28.7 Å². The average Bonchev–Trinajstić information content (AvgIpc) is 3.21. The predicted octanol–water partition coefficient (Wildman–Crippen LogP) is 3.60. The number of pyridine rings is 1. The normalized spacial score (nSPS) is 10.6. The standard InChI is InChI=1S/C21H14N4O5/c1-29-12-17-16(11-23)21(26)24-18(20(17)25(27)28)8-6-14-7-9-19(30-14)15-5-3-2-4-13(15)10-22/h2-9H,12H2,1H3,(H,24,26)/b8-6+. The first kappa shape index (κ1) is 20.3. The van der Waals surface area contributed by atoms with E-state index >= 15 is 0 Å². The van der Waals surface area contributed by atoms with Crippen molar-refractivity contribution in [2.24, 2.45) is 0 Å². The summed E-state index contributed by atoms with van der Waals surface area (Å²) in [6, 6.07) is 14.0. The van der Waals surface area contributed by atoms with Crippen LogP contribution in [-0.2, 0) is 11.3 Å². The van der Waals surface area contributed by atoms with Crippen LogP contribution in [0.2, 0.25) is 0 Å². The zero-order valence-corrected chi connectivity index (χ0v) is 15.7. The highest BCUT2D eigenvalue weighted by Gasteiger charge is 2.25. The number of nitriles is 2. The lowest BCUT2D eigenvalue weighted by molar-refractivity contribution is -0.386. The van der Waals surface area contributed by atoms with Gasteiger partial charge in [-0.05, 0) is 36.4 Å². The van der Waals surface area contributed by atoms with Gasteiger partial charge in [-0.1, -0.05) is 12.1 Å². The summed E-state index contributed by atoms with van der Waals surface area (Å²) in [5.74, 6) is 0.806. The van der Waals surface area contributed by atoms with Gasteiger partial charge >= 0.3 is 0 Å². The van der Waals surface area contributed by atoms with Crippen LogP contribution in [0.15, 0.2) is 45.6 Å². The van der Waals surface area contributed by atoms with E-state index in [0.29, 0.717) is 22.6 Å². The molecule has 1 N–H and O–H groups in total. The van der Waals surface area contributed by atoms with Crippen molar-refractivity contribution in [2.75, 3.05) is 7.11 Å². The zero-order chi connectivity index (χ0) is 21.7. The Labute approximate surface area is 170 Å². The van der Waals surface area contributed by atoms with Crippen LogP contribution in [0.25, 0.3) is 23.5 Å². The maximum absolute atomic E-state index is 12.2. The van der Waals surface area contributed by atoms with Crippen LogP contribution >= 0.6 is 0 Å². The van der Waals surface area contributed by atoms with E-state index in [-0.39, 0.29) is 23.4 Å². The monoisotopic (exact) mass is 402 g/mol.